The number of nitrogens with zero attached hydrogens (tertiary/aromatic N) is 1. The zero-order valence-corrected chi connectivity index (χ0v) is 19.5. The van der Waals surface area contributed by atoms with Gasteiger partial charge >= 0.3 is 0 Å². The lowest BCUT2D eigenvalue weighted by atomic mass is 10.1. The second kappa shape index (κ2) is 10.1. The number of carbonyl (C=O) groups excluding carboxylic acids is 1. The summed E-state index contributed by atoms with van der Waals surface area (Å²) in [5.41, 5.74) is 0.939. The van der Waals surface area contributed by atoms with E-state index in [0.29, 0.717) is 13.2 Å². The van der Waals surface area contributed by atoms with Gasteiger partial charge < -0.3 is 14.8 Å². The Labute approximate surface area is 189 Å². The molecule has 7 nitrogen and oxygen atoms in total. The minimum atomic E-state index is -3.83. The number of benzene rings is 2. The second-order valence-electron chi connectivity index (χ2n) is 6.74. The molecule has 1 aliphatic rings. The molecule has 162 valence electrons. The predicted molar refractivity (Wildman–Crippen MR) is 117 cm³/mol. The molecule has 2 aromatic rings. The van der Waals surface area contributed by atoms with Gasteiger partial charge in [-0.2, -0.15) is 4.31 Å². The van der Waals surface area contributed by atoms with Crippen molar-refractivity contribution in [2.45, 2.75) is 17.9 Å². The summed E-state index contributed by atoms with van der Waals surface area (Å²) in [5.74, 6) is -0.285. The zero-order valence-electron chi connectivity index (χ0n) is 16.3. The first-order valence-electron chi connectivity index (χ1n) is 9.32. The van der Waals surface area contributed by atoms with Gasteiger partial charge in [-0.25, -0.2) is 8.42 Å². The van der Waals surface area contributed by atoms with Gasteiger partial charge in [0.1, 0.15) is 10.6 Å². The highest BCUT2D eigenvalue weighted by molar-refractivity contribution is 9.10. The van der Waals surface area contributed by atoms with Gasteiger partial charge in [-0.3, -0.25) is 4.79 Å². The van der Waals surface area contributed by atoms with Crippen LogP contribution in [0.15, 0.2) is 51.8 Å². The van der Waals surface area contributed by atoms with Gasteiger partial charge in [0.25, 0.3) is 5.91 Å². The van der Waals surface area contributed by atoms with Crippen LogP contribution in [0.25, 0.3) is 0 Å². The van der Waals surface area contributed by atoms with Gasteiger partial charge in [0.05, 0.1) is 19.3 Å². The van der Waals surface area contributed by atoms with Crippen LogP contribution in [0.1, 0.15) is 18.5 Å². The Kier molecular flexibility index (Phi) is 7.75. The van der Waals surface area contributed by atoms with Crippen LogP contribution in [0.4, 0.5) is 0 Å². The average molecular weight is 518 g/mol. The number of amides is 1. The molecule has 1 amide bonds. The molecule has 1 aliphatic heterocycles. The normalized spacial score (nSPS) is 16.1. The van der Waals surface area contributed by atoms with Crippen molar-refractivity contribution in [3.8, 4) is 5.75 Å². The van der Waals surface area contributed by atoms with E-state index in [1.54, 1.807) is 0 Å². The van der Waals surface area contributed by atoms with Gasteiger partial charge in [0.2, 0.25) is 10.0 Å². The molecule has 3 rings (SSSR count). The summed E-state index contributed by atoms with van der Waals surface area (Å²) in [6.07, 6.45) is 0. The fourth-order valence-electron chi connectivity index (χ4n) is 2.99. The van der Waals surface area contributed by atoms with E-state index < -0.39 is 10.0 Å². The number of halogens is 2. The highest BCUT2D eigenvalue weighted by Gasteiger charge is 2.29. The van der Waals surface area contributed by atoms with E-state index in [0.717, 1.165) is 10.0 Å². The van der Waals surface area contributed by atoms with Gasteiger partial charge in [-0.15, -0.1) is 0 Å². The van der Waals surface area contributed by atoms with Crippen LogP contribution in [0, 0.1) is 0 Å². The van der Waals surface area contributed by atoms with Crippen molar-refractivity contribution in [1.29, 1.82) is 0 Å². The van der Waals surface area contributed by atoms with E-state index in [9.17, 15) is 13.2 Å². The van der Waals surface area contributed by atoms with Crippen molar-refractivity contribution in [3.63, 3.8) is 0 Å². The molecule has 2 aromatic carbocycles. The quantitative estimate of drug-likeness (QED) is 0.609. The van der Waals surface area contributed by atoms with Gasteiger partial charge in [0, 0.05) is 22.6 Å². The molecule has 0 bridgehead atoms. The van der Waals surface area contributed by atoms with Crippen molar-refractivity contribution >= 4 is 43.5 Å². The van der Waals surface area contributed by atoms with Crippen molar-refractivity contribution in [2.75, 3.05) is 32.9 Å². The van der Waals surface area contributed by atoms with E-state index in [1.807, 2.05) is 31.2 Å². The largest absolute Gasteiger partial charge is 0.482 e. The van der Waals surface area contributed by atoms with E-state index >= 15 is 0 Å². The summed E-state index contributed by atoms with van der Waals surface area (Å²) in [6, 6.07) is 11.7. The Morgan fingerprint density at radius 1 is 1.23 bits per heavy atom. The van der Waals surface area contributed by atoms with E-state index in [-0.39, 0.29) is 47.3 Å². The standard InChI is InChI=1S/C20H22BrClN2O5S/c1-14(15-2-4-16(21)5-3-15)23-20(25)13-29-18-7-6-17(22)12-19(18)30(26,27)24-8-10-28-11-9-24/h2-7,12,14H,8-11,13H2,1H3,(H,23,25)/t14-/m0/s1. The summed E-state index contributed by atoms with van der Waals surface area (Å²) in [7, 11) is -3.83. The van der Waals surface area contributed by atoms with Crippen LogP contribution in [-0.4, -0.2) is 51.5 Å². The zero-order chi connectivity index (χ0) is 21.7. The molecule has 1 atom stereocenters. The fourth-order valence-corrected chi connectivity index (χ4v) is 5.06. The highest BCUT2D eigenvalue weighted by Crippen LogP contribution is 2.30. The molecular formula is C20H22BrClN2O5S. The lowest BCUT2D eigenvalue weighted by Gasteiger charge is -2.27. The number of hydrogen-bond donors (Lipinski definition) is 1. The van der Waals surface area contributed by atoms with E-state index in [1.165, 1.54) is 22.5 Å². The molecule has 1 fully saturated rings. The SMILES string of the molecule is C[C@H](NC(=O)COc1ccc(Cl)cc1S(=O)(=O)N1CCOCC1)c1ccc(Br)cc1. The van der Waals surface area contributed by atoms with Crippen molar-refractivity contribution in [3.05, 3.63) is 57.5 Å². The number of hydrogen-bond acceptors (Lipinski definition) is 5. The van der Waals surface area contributed by atoms with Crippen LogP contribution < -0.4 is 10.1 Å². The van der Waals surface area contributed by atoms with Crippen LogP contribution in [0.3, 0.4) is 0 Å². The van der Waals surface area contributed by atoms with Crippen molar-refractivity contribution in [1.82, 2.24) is 9.62 Å². The topological polar surface area (TPSA) is 84.9 Å². The maximum atomic E-state index is 13.0. The van der Waals surface area contributed by atoms with Crippen LogP contribution >= 0.6 is 27.5 Å². The molecular weight excluding hydrogens is 496 g/mol. The Balaban J connectivity index is 1.69. The molecule has 0 aliphatic carbocycles. The van der Waals surface area contributed by atoms with Crippen molar-refractivity contribution < 1.29 is 22.7 Å². The molecule has 1 saturated heterocycles. The Morgan fingerprint density at radius 2 is 1.90 bits per heavy atom. The lowest BCUT2D eigenvalue weighted by molar-refractivity contribution is -0.123. The van der Waals surface area contributed by atoms with Gasteiger partial charge in [0.15, 0.2) is 6.61 Å². The number of rotatable bonds is 7. The highest BCUT2D eigenvalue weighted by atomic mass is 79.9. The first-order valence-corrected chi connectivity index (χ1v) is 11.9. The molecule has 10 heteroatoms. The summed E-state index contributed by atoms with van der Waals surface area (Å²) >= 11 is 9.40. The summed E-state index contributed by atoms with van der Waals surface area (Å²) in [6.45, 7) is 2.68. The second-order valence-corrected chi connectivity index (χ2v) is 10.00. The third-order valence-corrected chi connectivity index (χ3v) is 7.28. The molecule has 0 aromatic heterocycles. The minimum Gasteiger partial charge on any atom is -0.482 e. The molecule has 0 spiro atoms. The number of sulfonamides is 1. The summed E-state index contributed by atoms with van der Waals surface area (Å²) < 4.78 is 39.1. The first kappa shape index (κ1) is 23.0. The third-order valence-electron chi connectivity index (χ3n) is 4.60. The van der Waals surface area contributed by atoms with E-state index in [2.05, 4.69) is 21.2 Å². The summed E-state index contributed by atoms with van der Waals surface area (Å²) in [4.78, 5) is 12.3. The van der Waals surface area contributed by atoms with Crippen LogP contribution in [0.5, 0.6) is 5.75 Å². The molecule has 0 radical (unpaired) electrons. The molecule has 1 heterocycles. The van der Waals surface area contributed by atoms with E-state index in [4.69, 9.17) is 21.1 Å². The number of nitrogens with one attached hydrogen (secondary N) is 1. The van der Waals surface area contributed by atoms with Gasteiger partial charge in [-0.05, 0) is 42.8 Å². The first-order chi connectivity index (χ1) is 14.3. The lowest BCUT2D eigenvalue weighted by Crippen LogP contribution is -2.40. The van der Waals surface area contributed by atoms with Crippen molar-refractivity contribution in [2.24, 2.45) is 0 Å². The number of carbonyl (C=O) groups is 1. The van der Waals surface area contributed by atoms with Gasteiger partial charge in [-0.1, -0.05) is 39.7 Å². The Hall–Kier alpha value is -1.65. The Morgan fingerprint density at radius 3 is 2.57 bits per heavy atom. The monoisotopic (exact) mass is 516 g/mol. The van der Waals surface area contributed by atoms with Crippen LogP contribution in [-0.2, 0) is 19.6 Å². The smallest absolute Gasteiger partial charge is 0.258 e. The van der Waals surface area contributed by atoms with Crippen LogP contribution in [0.2, 0.25) is 5.02 Å². The minimum absolute atomic E-state index is 0.0642. The predicted octanol–water partition coefficient (Wildman–Crippen LogP) is 3.38. The number of morpholine rings is 1. The molecule has 0 unspecified atom stereocenters. The third kappa shape index (κ3) is 5.73. The average Bonchev–Trinajstić information content (AvgIpc) is 2.74. The summed E-state index contributed by atoms with van der Waals surface area (Å²) in [5, 5.41) is 3.10. The molecule has 0 saturated carbocycles. The maximum absolute atomic E-state index is 13.0. The fraction of sp³-hybridized carbons (Fsp3) is 0.350. The maximum Gasteiger partial charge on any atom is 0.258 e. The number of ether oxygens (including phenoxy) is 2. The molecule has 30 heavy (non-hydrogen) atoms. The molecule has 1 N–H and O–H groups in total. The Bertz CT molecular complexity index is 995.